The first-order chi connectivity index (χ1) is 12.0. The van der Waals surface area contributed by atoms with Crippen LogP contribution in [0.4, 0.5) is 4.79 Å². The third kappa shape index (κ3) is 7.62. The Kier molecular flexibility index (Phi) is 8.37. The maximum atomic E-state index is 13.1. The molecule has 0 heterocycles. The van der Waals surface area contributed by atoms with E-state index in [0.717, 1.165) is 25.7 Å². The van der Waals surface area contributed by atoms with Crippen molar-refractivity contribution in [2.75, 3.05) is 20.2 Å². The molecule has 7 heteroatoms. The number of hydrogen-bond donors (Lipinski definition) is 1. The quantitative estimate of drug-likeness (QED) is 0.697. The lowest BCUT2D eigenvalue weighted by Crippen LogP contribution is -2.54. The van der Waals surface area contributed by atoms with Crippen LogP contribution in [-0.2, 0) is 19.1 Å². The van der Waals surface area contributed by atoms with Gasteiger partial charge in [-0.25, -0.2) is 4.79 Å². The first-order valence-corrected chi connectivity index (χ1v) is 9.38. The number of alkyl carbamates (subject to hydrolysis) is 1. The molecule has 0 radical (unpaired) electrons. The molecule has 2 amide bonds. The minimum Gasteiger partial charge on any atom is -0.468 e. The molecule has 0 aromatic rings. The summed E-state index contributed by atoms with van der Waals surface area (Å²) in [5, 5.41) is 2.66. The summed E-state index contributed by atoms with van der Waals surface area (Å²) < 4.78 is 10.0. The van der Waals surface area contributed by atoms with E-state index < -0.39 is 23.7 Å². The summed E-state index contributed by atoms with van der Waals surface area (Å²) in [6.07, 6.45) is 3.76. The fourth-order valence-corrected chi connectivity index (χ4v) is 3.10. The van der Waals surface area contributed by atoms with Crippen molar-refractivity contribution in [1.82, 2.24) is 10.2 Å². The SMILES string of the molecule is COC(=O)CN(CC1CCCC1)C(=O)C(NC(=O)OC(C)(C)C)C(C)C. The van der Waals surface area contributed by atoms with E-state index in [-0.39, 0.29) is 18.4 Å². The van der Waals surface area contributed by atoms with Gasteiger partial charge in [0.2, 0.25) is 5.91 Å². The van der Waals surface area contributed by atoms with Crippen molar-refractivity contribution in [1.29, 1.82) is 0 Å². The molecule has 1 saturated carbocycles. The summed E-state index contributed by atoms with van der Waals surface area (Å²) in [6.45, 7) is 9.41. The molecule has 7 nitrogen and oxygen atoms in total. The van der Waals surface area contributed by atoms with Gasteiger partial charge < -0.3 is 19.7 Å². The van der Waals surface area contributed by atoms with Gasteiger partial charge in [0.25, 0.3) is 0 Å². The predicted molar refractivity (Wildman–Crippen MR) is 98.5 cm³/mol. The lowest BCUT2D eigenvalue weighted by Gasteiger charge is -2.31. The van der Waals surface area contributed by atoms with Crippen molar-refractivity contribution in [2.24, 2.45) is 11.8 Å². The third-order valence-corrected chi connectivity index (χ3v) is 4.42. The first kappa shape index (κ1) is 22.3. The second-order valence-electron chi connectivity index (χ2n) is 8.31. The predicted octanol–water partition coefficient (Wildman–Crippen LogP) is 2.73. The minimum atomic E-state index is -0.754. The Labute approximate surface area is 156 Å². The van der Waals surface area contributed by atoms with Crippen LogP contribution < -0.4 is 5.32 Å². The van der Waals surface area contributed by atoms with Crippen LogP contribution in [0.2, 0.25) is 0 Å². The minimum absolute atomic E-state index is 0.106. The zero-order valence-corrected chi connectivity index (χ0v) is 17.0. The van der Waals surface area contributed by atoms with Crippen molar-refractivity contribution in [3.63, 3.8) is 0 Å². The summed E-state index contributed by atoms with van der Waals surface area (Å²) in [6, 6.07) is -0.754. The molecule has 1 aliphatic rings. The molecule has 1 fully saturated rings. The Morgan fingerprint density at radius 1 is 1.15 bits per heavy atom. The van der Waals surface area contributed by atoms with E-state index in [9.17, 15) is 14.4 Å². The molecule has 0 aromatic heterocycles. The number of carbonyl (C=O) groups is 3. The van der Waals surface area contributed by atoms with E-state index in [0.29, 0.717) is 12.5 Å². The number of nitrogens with zero attached hydrogens (tertiary/aromatic N) is 1. The molecule has 1 N–H and O–H groups in total. The zero-order chi connectivity index (χ0) is 19.9. The topological polar surface area (TPSA) is 84.9 Å². The smallest absolute Gasteiger partial charge is 0.408 e. The standard InChI is InChI=1S/C19H34N2O5/c1-13(2)16(20-18(24)26-19(3,4)5)17(23)21(12-15(22)25-6)11-14-9-7-8-10-14/h13-14,16H,7-12H2,1-6H3,(H,20,24). The molecule has 0 saturated heterocycles. The number of esters is 1. The fraction of sp³-hybridized carbons (Fsp3) is 0.842. The van der Waals surface area contributed by atoms with Crippen LogP contribution in [0.5, 0.6) is 0 Å². The Hall–Kier alpha value is -1.79. The van der Waals surface area contributed by atoms with Crippen LogP contribution >= 0.6 is 0 Å². The van der Waals surface area contributed by atoms with Gasteiger partial charge in [-0.05, 0) is 45.4 Å². The Morgan fingerprint density at radius 3 is 2.19 bits per heavy atom. The maximum absolute atomic E-state index is 13.1. The highest BCUT2D eigenvalue weighted by Gasteiger charge is 2.33. The Morgan fingerprint density at radius 2 is 1.73 bits per heavy atom. The van der Waals surface area contributed by atoms with E-state index in [1.807, 2.05) is 13.8 Å². The van der Waals surface area contributed by atoms with Gasteiger partial charge in [-0.2, -0.15) is 0 Å². The summed E-state index contributed by atoms with van der Waals surface area (Å²) in [5.74, 6) is -0.490. The molecule has 0 aromatic carbocycles. The van der Waals surface area contributed by atoms with Crippen LogP contribution in [-0.4, -0.2) is 54.7 Å². The average molecular weight is 370 g/mol. The lowest BCUT2D eigenvalue weighted by atomic mass is 10.0. The van der Waals surface area contributed by atoms with Crippen molar-refractivity contribution < 1.29 is 23.9 Å². The molecule has 0 aliphatic heterocycles. The Balaban J connectivity index is 2.86. The normalized spacial score (nSPS) is 16.3. The fourth-order valence-electron chi connectivity index (χ4n) is 3.10. The Bertz CT molecular complexity index is 493. The second kappa shape index (κ2) is 9.78. The van der Waals surface area contributed by atoms with Gasteiger partial charge in [0, 0.05) is 6.54 Å². The summed E-state index contributed by atoms with van der Waals surface area (Å²) in [7, 11) is 1.30. The second-order valence-corrected chi connectivity index (χ2v) is 8.31. The number of hydrogen-bond acceptors (Lipinski definition) is 5. The lowest BCUT2D eigenvalue weighted by molar-refractivity contribution is -0.148. The summed E-state index contributed by atoms with van der Waals surface area (Å²) >= 11 is 0. The van der Waals surface area contributed by atoms with Gasteiger partial charge in [0.05, 0.1) is 7.11 Å². The van der Waals surface area contributed by atoms with Crippen LogP contribution in [0.15, 0.2) is 0 Å². The third-order valence-electron chi connectivity index (χ3n) is 4.42. The largest absolute Gasteiger partial charge is 0.468 e. The molecular formula is C19H34N2O5. The van der Waals surface area contributed by atoms with E-state index in [1.165, 1.54) is 12.0 Å². The van der Waals surface area contributed by atoms with E-state index in [1.54, 1.807) is 20.8 Å². The molecular weight excluding hydrogens is 336 g/mol. The van der Waals surface area contributed by atoms with E-state index in [4.69, 9.17) is 9.47 Å². The van der Waals surface area contributed by atoms with Crippen LogP contribution in [0.3, 0.4) is 0 Å². The molecule has 1 unspecified atom stereocenters. The molecule has 1 rings (SSSR count). The highest BCUT2D eigenvalue weighted by molar-refractivity contribution is 5.88. The highest BCUT2D eigenvalue weighted by Crippen LogP contribution is 2.26. The van der Waals surface area contributed by atoms with E-state index >= 15 is 0 Å². The molecule has 150 valence electrons. The van der Waals surface area contributed by atoms with Crippen molar-refractivity contribution in [2.45, 2.75) is 71.9 Å². The molecule has 1 atom stereocenters. The van der Waals surface area contributed by atoms with Crippen LogP contribution in [0, 0.1) is 11.8 Å². The van der Waals surface area contributed by atoms with E-state index in [2.05, 4.69) is 5.32 Å². The van der Waals surface area contributed by atoms with Gasteiger partial charge in [0.1, 0.15) is 18.2 Å². The van der Waals surface area contributed by atoms with Crippen molar-refractivity contribution >= 4 is 18.0 Å². The van der Waals surface area contributed by atoms with Crippen LogP contribution in [0.25, 0.3) is 0 Å². The first-order valence-electron chi connectivity index (χ1n) is 9.38. The zero-order valence-electron chi connectivity index (χ0n) is 17.0. The van der Waals surface area contributed by atoms with Crippen molar-refractivity contribution in [3.05, 3.63) is 0 Å². The monoisotopic (exact) mass is 370 g/mol. The van der Waals surface area contributed by atoms with Crippen LogP contribution in [0.1, 0.15) is 60.3 Å². The van der Waals surface area contributed by atoms with Crippen molar-refractivity contribution in [3.8, 4) is 0 Å². The van der Waals surface area contributed by atoms with Gasteiger partial charge in [-0.3, -0.25) is 9.59 Å². The van der Waals surface area contributed by atoms with Gasteiger partial charge in [-0.15, -0.1) is 0 Å². The van der Waals surface area contributed by atoms with Gasteiger partial charge in [0.15, 0.2) is 0 Å². The average Bonchev–Trinajstić information content (AvgIpc) is 3.02. The van der Waals surface area contributed by atoms with Gasteiger partial charge >= 0.3 is 12.1 Å². The number of rotatable bonds is 7. The number of methoxy groups -OCH3 is 1. The molecule has 26 heavy (non-hydrogen) atoms. The van der Waals surface area contributed by atoms with Gasteiger partial charge in [-0.1, -0.05) is 26.7 Å². The molecule has 0 bridgehead atoms. The molecule has 1 aliphatic carbocycles. The summed E-state index contributed by atoms with van der Waals surface area (Å²) in [5.41, 5.74) is -0.649. The summed E-state index contributed by atoms with van der Waals surface area (Å²) in [4.78, 5) is 38.5. The highest BCUT2D eigenvalue weighted by atomic mass is 16.6. The number of carbonyl (C=O) groups excluding carboxylic acids is 3. The number of amides is 2. The molecule has 0 spiro atoms. The maximum Gasteiger partial charge on any atom is 0.408 e. The number of nitrogens with one attached hydrogen (secondary N) is 1. The number of ether oxygens (including phenoxy) is 2.